The standard InChI is InChI=1S/C13H14F3NO/c1-2-17-11(5-6-18)7-9-3-4-10(8-12(9)17)13(14,15)16/h3-4,7-8,18H,2,5-6H2,1H3. The molecule has 98 valence electrons. The van der Waals surface area contributed by atoms with Crippen molar-refractivity contribution in [3.05, 3.63) is 35.5 Å². The van der Waals surface area contributed by atoms with Gasteiger partial charge in [0.15, 0.2) is 0 Å². The molecule has 0 saturated carbocycles. The summed E-state index contributed by atoms with van der Waals surface area (Å²) in [6.45, 7) is 2.45. The number of halogens is 3. The zero-order valence-electron chi connectivity index (χ0n) is 9.96. The Kier molecular flexibility index (Phi) is 3.34. The van der Waals surface area contributed by atoms with Crippen molar-refractivity contribution >= 4 is 10.9 Å². The molecule has 0 unspecified atom stereocenters. The Balaban J connectivity index is 2.61. The van der Waals surface area contributed by atoms with Gasteiger partial charge < -0.3 is 9.67 Å². The van der Waals surface area contributed by atoms with Crippen molar-refractivity contribution < 1.29 is 18.3 Å². The molecule has 2 aromatic rings. The molecule has 1 N–H and O–H groups in total. The molecule has 1 aromatic carbocycles. The Morgan fingerprint density at radius 1 is 1.22 bits per heavy atom. The van der Waals surface area contributed by atoms with E-state index in [1.54, 1.807) is 4.57 Å². The third-order valence-electron chi connectivity index (χ3n) is 3.00. The monoisotopic (exact) mass is 257 g/mol. The minimum Gasteiger partial charge on any atom is -0.396 e. The Bertz CT molecular complexity index is 557. The SMILES string of the molecule is CCn1c(CCO)cc2ccc(C(F)(F)F)cc21. The van der Waals surface area contributed by atoms with Crippen LogP contribution >= 0.6 is 0 Å². The number of aliphatic hydroxyl groups excluding tert-OH is 1. The number of benzene rings is 1. The van der Waals surface area contributed by atoms with Crippen molar-refractivity contribution in [2.24, 2.45) is 0 Å². The molecular formula is C13H14F3NO. The highest BCUT2D eigenvalue weighted by molar-refractivity contribution is 5.82. The predicted molar refractivity (Wildman–Crippen MR) is 63.4 cm³/mol. The summed E-state index contributed by atoms with van der Waals surface area (Å²) in [4.78, 5) is 0. The summed E-state index contributed by atoms with van der Waals surface area (Å²) in [5.74, 6) is 0. The zero-order chi connectivity index (χ0) is 13.3. The van der Waals surface area contributed by atoms with Crippen molar-refractivity contribution in [1.29, 1.82) is 0 Å². The lowest BCUT2D eigenvalue weighted by molar-refractivity contribution is -0.137. The first-order chi connectivity index (χ1) is 8.47. The lowest BCUT2D eigenvalue weighted by atomic mass is 10.1. The number of hydrogen-bond acceptors (Lipinski definition) is 1. The average Bonchev–Trinajstić information content (AvgIpc) is 2.64. The van der Waals surface area contributed by atoms with E-state index in [0.717, 1.165) is 17.1 Å². The highest BCUT2D eigenvalue weighted by Crippen LogP contribution is 2.32. The molecule has 1 aromatic heterocycles. The Morgan fingerprint density at radius 3 is 2.50 bits per heavy atom. The molecule has 0 aliphatic rings. The van der Waals surface area contributed by atoms with Crippen LogP contribution in [0.4, 0.5) is 13.2 Å². The Morgan fingerprint density at radius 2 is 1.94 bits per heavy atom. The zero-order valence-corrected chi connectivity index (χ0v) is 9.96. The number of aromatic nitrogens is 1. The van der Waals surface area contributed by atoms with E-state index in [0.29, 0.717) is 18.5 Å². The van der Waals surface area contributed by atoms with Crippen LogP contribution in [0.1, 0.15) is 18.2 Å². The van der Waals surface area contributed by atoms with Crippen molar-refractivity contribution in [2.45, 2.75) is 26.1 Å². The fourth-order valence-corrected chi connectivity index (χ4v) is 2.18. The third kappa shape index (κ3) is 2.22. The van der Waals surface area contributed by atoms with Crippen molar-refractivity contribution in [1.82, 2.24) is 4.57 Å². The third-order valence-corrected chi connectivity index (χ3v) is 3.00. The van der Waals surface area contributed by atoms with E-state index in [2.05, 4.69) is 0 Å². The van der Waals surface area contributed by atoms with Crippen LogP contribution in [0.25, 0.3) is 10.9 Å². The van der Waals surface area contributed by atoms with E-state index in [1.165, 1.54) is 12.1 Å². The number of alkyl halides is 3. The second-order valence-electron chi connectivity index (χ2n) is 4.12. The highest BCUT2D eigenvalue weighted by Gasteiger charge is 2.30. The fraction of sp³-hybridized carbons (Fsp3) is 0.385. The van der Waals surface area contributed by atoms with Crippen molar-refractivity contribution in [3.63, 3.8) is 0 Å². The van der Waals surface area contributed by atoms with Crippen LogP contribution in [0, 0.1) is 0 Å². The first kappa shape index (κ1) is 13.0. The van der Waals surface area contributed by atoms with Gasteiger partial charge in [-0.2, -0.15) is 13.2 Å². The summed E-state index contributed by atoms with van der Waals surface area (Å²) in [7, 11) is 0. The highest BCUT2D eigenvalue weighted by atomic mass is 19.4. The lowest BCUT2D eigenvalue weighted by Crippen LogP contribution is -2.06. The lowest BCUT2D eigenvalue weighted by Gasteiger charge is -2.09. The van der Waals surface area contributed by atoms with Crippen molar-refractivity contribution in [2.75, 3.05) is 6.61 Å². The smallest absolute Gasteiger partial charge is 0.396 e. The maximum atomic E-state index is 12.7. The number of aliphatic hydroxyl groups is 1. The maximum Gasteiger partial charge on any atom is 0.416 e. The second-order valence-corrected chi connectivity index (χ2v) is 4.12. The van der Waals surface area contributed by atoms with Crippen LogP contribution in [0.5, 0.6) is 0 Å². The summed E-state index contributed by atoms with van der Waals surface area (Å²) in [5, 5.41) is 9.73. The van der Waals surface area contributed by atoms with Gasteiger partial charge in [0.2, 0.25) is 0 Å². The van der Waals surface area contributed by atoms with Gasteiger partial charge in [0.1, 0.15) is 0 Å². The van der Waals surface area contributed by atoms with Gasteiger partial charge >= 0.3 is 6.18 Å². The molecule has 2 rings (SSSR count). The normalized spacial score (nSPS) is 12.3. The van der Waals surface area contributed by atoms with Gasteiger partial charge in [0.25, 0.3) is 0 Å². The average molecular weight is 257 g/mol. The largest absolute Gasteiger partial charge is 0.416 e. The molecule has 18 heavy (non-hydrogen) atoms. The van der Waals surface area contributed by atoms with Crippen LogP contribution in [-0.2, 0) is 19.1 Å². The quantitative estimate of drug-likeness (QED) is 0.897. The van der Waals surface area contributed by atoms with Gasteiger partial charge in [0, 0.05) is 30.8 Å². The van der Waals surface area contributed by atoms with Gasteiger partial charge in [-0.15, -0.1) is 0 Å². The molecule has 0 atom stereocenters. The van der Waals surface area contributed by atoms with Gasteiger partial charge in [-0.1, -0.05) is 6.07 Å². The Labute approximate surface area is 103 Å². The minimum absolute atomic E-state index is 0.0115. The molecule has 5 heteroatoms. The van der Waals surface area contributed by atoms with Crippen LogP contribution in [-0.4, -0.2) is 16.3 Å². The molecule has 0 aliphatic carbocycles. The molecule has 0 radical (unpaired) electrons. The molecule has 0 bridgehead atoms. The number of hydrogen-bond donors (Lipinski definition) is 1. The number of aryl methyl sites for hydroxylation is 1. The van der Waals surface area contributed by atoms with Crippen LogP contribution in [0.15, 0.2) is 24.3 Å². The van der Waals surface area contributed by atoms with Crippen LogP contribution < -0.4 is 0 Å². The maximum absolute atomic E-state index is 12.7. The van der Waals surface area contributed by atoms with E-state index in [-0.39, 0.29) is 6.61 Å². The second kappa shape index (κ2) is 4.65. The van der Waals surface area contributed by atoms with E-state index in [1.807, 2.05) is 13.0 Å². The molecule has 0 amide bonds. The Hall–Kier alpha value is -1.49. The number of nitrogens with zero attached hydrogens (tertiary/aromatic N) is 1. The van der Waals surface area contributed by atoms with Gasteiger partial charge in [-0.05, 0) is 30.5 Å². The summed E-state index contributed by atoms with van der Waals surface area (Å²) in [5.41, 5.74) is 0.781. The summed E-state index contributed by atoms with van der Waals surface area (Å²) >= 11 is 0. The van der Waals surface area contributed by atoms with E-state index < -0.39 is 11.7 Å². The fourth-order valence-electron chi connectivity index (χ4n) is 2.18. The molecule has 1 heterocycles. The predicted octanol–water partition coefficient (Wildman–Crippen LogP) is 3.21. The minimum atomic E-state index is -4.33. The van der Waals surface area contributed by atoms with Crippen molar-refractivity contribution in [3.8, 4) is 0 Å². The molecular weight excluding hydrogens is 243 g/mol. The van der Waals surface area contributed by atoms with Gasteiger partial charge in [-0.25, -0.2) is 0 Å². The van der Waals surface area contributed by atoms with E-state index in [9.17, 15) is 13.2 Å². The summed E-state index contributed by atoms with van der Waals surface area (Å²) in [6.07, 6.45) is -3.88. The van der Waals surface area contributed by atoms with Gasteiger partial charge in [-0.3, -0.25) is 0 Å². The van der Waals surface area contributed by atoms with Crippen LogP contribution in [0.3, 0.4) is 0 Å². The molecule has 0 fully saturated rings. The molecule has 0 saturated heterocycles. The van der Waals surface area contributed by atoms with E-state index in [4.69, 9.17) is 5.11 Å². The van der Waals surface area contributed by atoms with Gasteiger partial charge in [0.05, 0.1) is 5.56 Å². The molecule has 0 spiro atoms. The first-order valence-electron chi connectivity index (χ1n) is 5.77. The van der Waals surface area contributed by atoms with Crippen LogP contribution in [0.2, 0.25) is 0 Å². The summed E-state index contributed by atoms with van der Waals surface area (Å²) < 4.78 is 39.8. The van der Waals surface area contributed by atoms with E-state index >= 15 is 0 Å². The first-order valence-corrected chi connectivity index (χ1v) is 5.77. The summed E-state index contributed by atoms with van der Waals surface area (Å²) in [6, 6.07) is 5.56. The molecule has 0 aliphatic heterocycles. The molecule has 2 nitrogen and oxygen atoms in total. The number of fused-ring (bicyclic) bond motifs is 1. The topological polar surface area (TPSA) is 25.2 Å². The number of rotatable bonds is 3.